The maximum atomic E-state index is 5.53. The van der Waals surface area contributed by atoms with Crippen LogP contribution in [0.2, 0.25) is 0 Å². The molecule has 1 aromatic heterocycles. The van der Waals surface area contributed by atoms with Gasteiger partial charge in [-0.05, 0) is 12.3 Å². The molecule has 0 aromatic carbocycles. The molecule has 1 heterocycles. The number of nitrogens with one attached hydrogen (secondary N) is 2. The molecule has 5 heteroatoms. The minimum atomic E-state index is 0.575. The zero-order valence-corrected chi connectivity index (χ0v) is 11.8. The first-order valence-corrected chi connectivity index (χ1v) is 6.52. The summed E-state index contributed by atoms with van der Waals surface area (Å²) in [5.41, 5.74) is 1.11. The third-order valence-corrected chi connectivity index (χ3v) is 2.53. The van der Waals surface area contributed by atoms with E-state index in [0.717, 1.165) is 36.8 Å². The van der Waals surface area contributed by atoms with Gasteiger partial charge in [-0.3, -0.25) is 0 Å². The molecular formula is C13H24N4O. The molecule has 0 fully saturated rings. The van der Waals surface area contributed by atoms with Gasteiger partial charge < -0.3 is 15.4 Å². The highest BCUT2D eigenvalue weighted by Gasteiger charge is 2.07. The van der Waals surface area contributed by atoms with Crippen molar-refractivity contribution in [2.45, 2.75) is 27.2 Å². The van der Waals surface area contributed by atoms with Crippen molar-refractivity contribution in [2.24, 2.45) is 5.92 Å². The van der Waals surface area contributed by atoms with Gasteiger partial charge >= 0.3 is 0 Å². The van der Waals surface area contributed by atoms with Crippen LogP contribution in [0.3, 0.4) is 0 Å². The van der Waals surface area contributed by atoms with E-state index in [9.17, 15) is 0 Å². The Balaban J connectivity index is 2.46. The summed E-state index contributed by atoms with van der Waals surface area (Å²) in [6.45, 7) is 8.65. The molecule has 0 saturated heterocycles. The predicted octanol–water partition coefficient (Wildman–Crippen LogP) is 2.17. The van der Waals surface area contributed by atoms with Gasteiger partial charge in [-0.2, -0.15) is 0 Å². The van der Waals surface area contributed by atoms with Crippen molar-refractivity contribution < 1.29 is 4.74 Å². The molecule has 5 nitrogen and oxygen atoms in total. The standard InChI is InChI=1S/C13H24N4O/c1-5-11-12(14-4)16-9-17-13(11)15-6-7-18-8-10(2)3/h9-10H,5-8H2,1-4H3,(H2,14,15,16,17). The smallest absolute Gasteiger partial charge is 0.134 e. The average Bonchev–Trinajstić information content (AvgIpc) is 2.37. The van der Waals surface area contributed by atoms with Gasteiger partial charge in [0.1, 0.15) is 18.0 Å². The van der Waals surface area contributed by atoms with E-state index in [1.807, 2.05) is 7.05 Å². The summed E-state index contributed by atoms with van der Waals surface area (Å²) in [6.07, 6.45) is 2.47. The SMILES string of the molecule is CCc1c(NC)ncnc1NCCOCC(C)C. The van der Waals surface area contributed by atoms with Gasteiger partial charge in [0.2, 0.25) is 0 Å². The maximum Gasteiger partial charge on any atom is 0.134 e. The summed E-state index contributed by atoms with van der Waals surface area (Å²) in [5, 5.41) is 6.38. The summed E-state index contributed by atoms with van der Waals surface area (Å²) in [5.74, 6) is 2.36. The Morgan fingerprint density at radius 2 is 2.00 bits per heavy atom. The van der Waals surface area contributed by atoms with Crippen LogP contribution < -0.4 is 10.6 Å². The summed E-state index contributed by atoms with van der Waals surface area (Å²) < 4.78 is 5.53. The lowest BCUT2D eigenvalue weighted by atomic mass is 10.2. The van der Waals surface area contributed by atoms with Crippen LogP contribution in [0.1, 0.15) is 26.3 Å². The zero-order chi connectivity index (χ0) is 13.4. The van der Waals surface area contributed by atoms with Gasteiger partial charge in [0.25, 0.3) is 0 Å². The predicted molar refractivity (Wildman–Crippen MR) is 75.1 cm³/mol. The number of anilines is 2. The molecule has 2 N–H and O–H groups in total. The Hall–Kier alpha value is -1.36. The molecule has 0 radical (unpaired) electrons. The Labute approximate surface area is 109 Å². The van der Waals surface area contributed by atoms with Crippen molar-refractivity contribution in [3.8, 4) is 0 Å². The minimum Gasteiger partial charge on any atom is -0.379 e. The first-order valence-electron chi connectivity index (χ1n) is 6.52. The molecule has 0 aliphatic carbocycles. The van der Waals surface area contributed by atoms with Crippen molar-refractivity contribution in [3.05, 3.63) is 11.9 Å². The van der Waals surface area contributed by atoms with Gasteiger partial charge in [-0.15, -0.1) is 0 Å². The molecule has 0 aliphatic heterocycles. The van der Waals surface area contributed by atoms with Crippen molar-refractivity contribution in [2.75, 3.05) is 37.4 Å². The van der Waals surface area contributed by atoms with E-state index in [1.165, 1.54) is 0 Å². The minimum absolute atomic E-state index is 0.575. The Kier molecular flexibility index (Phi) is 6.43. The molecule has 1 aromatic rings. The second-order valence-electron chi connectivity index (χ2n) is 4.55. The zero-order valence-electron chi connectivity index (χ0n) is 11.8. The number of hydrogen-bond donors (Lipinski definition) is 2. The number of hydrogen-bond acceptors (Lipinski definition) is 5. The molecule has 0 saturated carbocycles. The monoisotopic (exact) mass is 252 g/mol. The van der Waals surface area contributed by atoms with Crippen LogP contribution in [-0.2, 0) is 11.2 Å². The Bertz CT molecular complexity index is 355. The van der Waals surface area contributed by atoms with E-state index in [2.05, 4.69) is 41.4 Å². The van der Waals surface area contributed by atoms with Crippen LogP contribution in [-0.4, -0.2) is 36.8 Å². The normalized spacial score (nSPS) is 10.7. The highest BCUT2D eigenvalue weighted by Crippen LogP contribution is 2.19. The maximum absolute atomic E-state index is 5.53. The highest BCUT2D eigenvalue weighted by molar-refractivity contribution is 5.56. The fraction of sp³-hybridized carbons (Fsp3) is 0.692. The second-order valence-corrected chi connectivity index (χ2v) is 4.55. The van der Waals surface area contributed by atoms with E-state index < -0.39 is 0 Å². The number of nitrogens with zero attached hydrogens (tertiary/aromatic N) is 2. The molecule has 0 aliphatic rings. The first-order chi connectivity index (χ1) is 8.69. The molecule has 0 amide bonds. The van der Waals surface area contributed by atoms with E-state index >= 15 is 0 Å². The third kappa shape index (κ3) is 4.49. The molecule has 0 unspecified atom stereocenters. The molecule has 102 valence electrons. The topological polar surface area (TPSA) is 59.1 Å². The highest BCUT2D eigenvalue weighted by atomic mass is 16.5. The third-order valence-electron chi connectivity index (χ3n) is 2.53. The number of ether oxygens (including phenoxy) is 1. The summed E-state index contributed by atoms with van der Waals surface area (Å²) in [7, 11) is 1.87. The molecule has 18 heavy (non-hydrogen) atoms. The van der Waals surface area contributed by atoms with Crippen LogP contribution in [0.15, 0.2) is 6.33 Å². The molecule has 0 spiro atoms. The summed E-state index contributed by atoms with van der Waals surface area (Å²) in [6, 6.07) is 0. The fourth-order valence-electron chi connectivity index (χ4n) is 1.68. The Morgan fingerprint density at radius 3 is 2.61 bits per heavy atom. The van der Waals surface area contributed by atoms with Crippen molar-refractivity contribution in [1.29, 1.82) is 0 Å². The van der Waals surface area contributed by atoms with Crippen LogP contribution in [0.4, 0.5) is 11.6 Å². The molecule has 0 bridgehead atoms. The summed E-state index contributed by atoms with van der Waals surface area (Å²) in [4.78, 5) is 8.48. The largest absolute Gasteiger partial charge is 0.379 e. The fourth-order valence-corrected chi connectivity index (χ4v) is 1.68. The molecule has 1 rings (SSSR count). The number of rotatable bonds is 8. The van der Waals surface area contributed by atoms with Crippen LogP contribution in [0, 0.1) is 5.92 Å². The van der Waals surface area contributed by atoms with Gasteiger partial charge in [-0.25, -0.2) is 9.97 Å². The lowest BCUT2D eigenvalue weighted by Gasteiger charge is -2.13. The van der Waals surface area contributed by atoms with Crippen molar-refractivity contribution >= 4 is 11.6 Å². The Morgan fingerprint density at radius 1 is 1.28 bits per heavy atom. The number of aromatic nitrogens is 2. The van der Waals surface area contributed by atoms with Crippen LogP contribution in [0.5, 0.6) is 0 Å². The lowest BCUT2D eigenvalue weighted by molar-refractivity contribution is 0.118. The molecular weight excluding hydrogens is 228 g/mol. The van der Waals surface area contributed by atoms with Crippen LogP contribution >= 0.6 is 0 Å². The first kappa shape index (κ1) is 14.7. The summed E-state index contributed by atoms with van der Waals surface area (Å²) >= 11 is 0. The quantitative estimate of drug-likeness (QED) is 0.694. The van der Waals surface area contributed by atoms with E-state index in [4.69, 9.17) is 4.74 Å². The average molecular weight is 252 g/mol. The van der Waals surface area contributed by atoms with Crippen LogP contribution in [0.25, 0.3) is 0 Å². The van der Waals surface area contributed by atoms with E-state index in [-0.39, 0.29) is 0 Å². The van der Waals surface area contributed by atoms with E-state index in [1.54, 1.807) is 6.33 Å². The van der Waals surface area contributed by atoms with Crippen molar-refractivity contribution in [1.82, 2.24) is 9.97 Å². The van der Waals surface area contributed by atoms with Gasteiger partial charge in [0.15, 0.2) is 0 Å². The second kappa shape index (κ2) is 7.87. The lowest BCUT2D eigenvalue weighted by Crippen LogP contribution is -2.14. The van der Waals surface area contributed by atoms with Gasteiger partial charge in [-0.1, -0.05) is 20.8 Å². The van der Waals surface area contributed by atoms with Crippen molar-refractivity contribution in [3.63, 3.8) is 0 Å². The van der Waals surface area contributed by atoms with Gasteiger partial charge in [0, 0.05) is 25.8 Å². The van der Waals surface area contributed by atoms with E-state index in [0.29, 0.717) is 12.5 Å². The molecule has 0 atom stereocenters. The van der Waals surface area contributed by atoms with Gasteiger partial charge in [0.05, 0.1) is 6.61 Å².